The van der Waals surface area contributed by atoms with E-state index in [2.05, 4.69) is 36.1 Å². The first kappa shape index (κ1) is 21.2. The molecule has 1 aliphatic heterocycles. The van der Waals surface area contributed by atoms with E-state index in [1.165, 1.54) is 22.9 Å². The van der Waals surface area contributed by atoms with Gasteiger partial charge in [-0.25, -0.2) is 4.98 Å². The third-order valence-electron chi connectivity index (χ3n) is 5.53. The normalized spacial score (nSPS) is 14.2. The molecule has 2 aromatic heterocycles. The van der Waals surface area contributed by atoms with E-state index >= 15 is 0 Å². The lowest BCUT2D eigenvalue weighted by Gasteiger charge is -2.34. The smallest absolute Gasteiger partial charge is 0.292 e. The molecule has 0 radical (unpaired) electrons. The van der Waals surface area contributed by atoms with Crippen molar-refractivity contribution in [1.29, 1.82) is 0 Å². The van der Waals surface area contributed by atoms with Crippen molar-refractivity contribution in [3.05, 3.63) is 59.2 Å². The number of thioether (sulfide) groups is 1. The quantitative estimate of drug-likeness (QED) is 0.569. The van der Waals surface area contributed by atoms with E-state index in [0.717, 1.165) is 10.8 Å². The molecular formula is C22H25N5O3S. The molecule has 8 nitrogen and oxygen atoms in total. The number of hydrogen-bond donors (Lipinski definition) is 0. The summed E-state index contributed by atoms with van der Waals surface area (Å²) in [5.74, 6) is 0.406. The number of carbonyl (C=O) groups is 2. The molecule has 3 heterocycles. The topological polar surface area (TPSA) is 84.5 Å². The van der Waals surface area contributed by atoms with Crippen molar-refractivity contribution in [1.82, 2.24) is 24.5 Å². The fourth-order valence-corrected chi connectivity index (χ4v) is 4.44. The van der Waals surface area contributed by atoms with Crippen molar-refractivity contribution >= 4 is 23.6 Å². The van der Waals surface area contributed by atoms with Gasteiger partial charge in [-0.1, -0.05) is 29.1 Å². The number of nitrogens with zero attached hydrogens (tertiary/aromatic N) is 5. The van der Waals surface area contributed by atoms with E-state index in [9.17, 15) is 9.59 Å². The standard InChI is InChI=1S/C22H25N5O3S/c1-15-5-4-6-18(17(15)3)27-8-7-23-22(27)31-14-20(28)25-9-11-26(12-10-25)21(29)19-13-16(2)24-30-19/h4-8,13H,9-12,14H2,1-3H3. The molecule has 0 bridgehead atoms. The number of imidazole rings is 1. The lowest BCUT2D eigenvalue weighted by Crippen LogP contribution is -2.51. The molecule has 0 spiro atoms. The summed E-state index contributed by atoms with van der Waals surface area (Å²) in [6.07, 6.45) is 3.67. The average Bonchev–Trinajstić information content (AvgIpc) is 3.42. The molecule has 0 atom stereocenters. The summed E-state index contributed by atoms with van der Waals surface area (Å²) in [6, 6.07) is 7.80. The van der Waals surface area contributed by atoms with Gasteiger partial charge in [0.15, 0.2) is 5.16 Å². The molecule has 2 amide bonds. The van der Waals surface area contributed by atoms with Gasteiger partial charge in [0.05, 0.1) is 17.1 Å². The summed E-state index contributed by atoms with van der Waals surface area (Å²) in [5.41, 5.74) is 4.15. The molecule has 9 heteroatoms. The molecule has 0 aliphatic carbocycles. The predicted octanol–water partition coefficient (Wildman–Crippen LogP) is 2.86. The summed E-state index contributed by atoms with van der Waals surface area (Å²) < 4.78 is 7.09. The molecular weight excluding hydrogens is 414 g/mol. The maximum absolute atomic E-state index is 12.7. The van der Waals surface area contributed by atoms with Crippen LogP contribution in [-0.2, 0) is 4.79 Å². The Morgan fingerprint density at radius 2 is 1.84 bits per heavy atom. The Morgan fingerprint density at radius 3 is 2.55 bits per heavy atom. The Kier molecular flexibility index (Phi) is 6.13. The van der Waals surface area contributed by atoms with E-state index in [4.69, 9.17) is 4.52 Å². The van der Waals surface area contributed by atoms with Crippen LogP contribution in [-0.4, -0.2) is 68.3 Å². The molecule has 1 saturated heterocycles. The van der Waals surface area contributed by atoms with Crippen LogP contribution in [0.5, 0.6) is 0 Å². The molecule has 0 saturated carbocycles. The number of benzene rings is 1. The van der Waals surface area contributed by atoms with Crippen LogP contribution in [0.25, 0.3) is 5.69 Å². The van der Waals surface area contributed by atoms with Crippen molar-refractivity contribution < 1.29 is 14.1 Å². The molecule has 0 unspecified atom stereocenters. The number of carbonyl (C=O) groups excluding carboxylic acids is 2. The van der Waals surface area contributed by atoms with Crippen LogP contribution < -0.4 is 0 Å². The minimum absolute atomic E-state index is 0.0446. The number of amides is 2. The third kappa shape index (κ3) is 4.51. The van der Waals surface area contributed by atoms with Gasteiger partial charge in [-0.2, -0.15) is 0 Å². The Morgan fingerprint density at radius 1 is 1.10 bits per heavy atom. The van der Waals surface area contributed by atoms with Crippen molar-refractivity contribution in [3.8, 4) is 5.69 Å². The molecule has 4 rings (SSSR count). The van der Waals surface area contributed by atoms with Crippen molar-refractivity contribution in [2.45, 2.75) is 25.9 Å². The maximum atomic E-state index is 12.7. The lowest BCUT2D eigenvalue weighted by atomic mass is 10.1. The van der Waals surface area contributed by atoms with E-state index < -0.39 is 0 Å². The second kappa shape index (κ2) is 8.97. The first-order valence-electron chi connectivity index (χ1n) is 10.2. The van der Waals surface area contributed by atoms with E-state index in [1.54, 1.807) is 29.0 Å². The second-order valence-corrected chi connectivity index (χ2v) is 8.54. The Labute approximate surface area is 185 Å². The lowest BCUT2D eigenvalue weighted by molar-refractivity contribution is -0.129. The molecule has 162 valence electrons. The Hall–Kier alpha value is -3.07. The van der Waals surface area contributed by atoms with E-state index in [0.29, 0.717) is 37.6 Å². The highest BCUT2D eigenvalue weighted by Gasteiger charge is 2.27. The van der Waals surface area contributed by atoms with Crippen LogP contribution in [0.4, 0.5) is 0 Å². The van der Waals surface area contributed by atoms with Gasteiger partial charge in [-0.05, 0) is 38.0 Å². The van der Waals surface area contributed by atoms with Gasteiger partial charge in [0, 0.05) is 44.6 Å². The monoisotopic (exact) mass is 439 g/mol. The highest BCUT2D eigenvalue weighted by Crippen LogP contribution is 2.24. The molecule has 1 fully saturated rings. The van der Waals surface area contributed by atoms with Gasteiger partial charge < -0.3 is 14.3 Å². The molecule has 0 N–H and O–H groups in total. The van der Waals surface area contributed by atoms with Crippen LogP contribution >= 0.6 is 11.8 Å². The number of rotatable bonds is 5. The van der Waals surface area contributed by atoms with Gasteiger partial charge in [0.25, 0.3) is 5.91 Å². The minimum atomic E-state index is -0.183. The van der Waals surface area contributed by atoms with Crippen LogP contribution in [0.15, 0.2) is 46.3 Å². The number of piperazine rings is 1. The highest BCUT2D eigenvalue weighted by molar-refractivity contribution is 7.99. The van der Waals surface area contributed by atoms with Crippen LogP contribution in [0.3, 0.4) is 0 Å². The Balaban J connectivity index is 1.33. The largest absolute Gasteiger partial charge is 0.351 e. The zero-order valence-electron chi connectivity index (χ0n) is 17.9. The first-order chi connectivity index (χ1) is 14.9. The van der Waals surface area contributed by atoms with E-state index in [-0.39, 0.29) is 17.6 Å². The summed E-state index contributed by atoms with van der Waals surface area (Å²) in [4.78, 5) is 33.2. The molecule has 31 heavy (non-hydrogen) atoms. The summed E-state index contributed by atoms with van der Waals surface area (Å²) >= 11 is 1.43. The van der Waals surface area contributed by atoms with E-state index in [1.807, 2.05) is 16.8 Å². The van der Waals surface area contributed by atoms with Crippen molar-refractivity contribution in [2.24, 2.45) is 0 Å². The summed E-state index contributed by atoms with van der Waals surface area (Å²) in [6.45, 7) is 7.91. The zero-order valence-corrected chi connectivity index (χ0v) is 18.7. The van der Waals surface area contributed by atoms with Crippen molar-refractivity contribution in [2.75, 3.05) is 31.9 Å². The minimum Gasteiger partial charge on any atom is -0.351 e. The fraction of sp³-hybridized carbons (Fsp3) is 0.364. The van der Waals surface area contributed by atoms with Gasteiger partial charge in [-0.3, -0.25) is 14.2 Å². The zero-order chi connectivity index (χ0) is 22.0. The highest BCUT2D eigenvalue weighted by atomic mass is 32.2. The van der Waals surface area contributed by atoms with Crippen LogP contribution in [0, 0.1) is 20.8 Å². The fourth-order valence-electron chi connectivity index (χ4n) is 3.57. The van der Waals surface area contributed by atoms with Crippen LogP contribution in [0.2, 0.25) is 0 Å². The third-order valence-corrected chi connectivity index (χ3v) is 6.48. The predicted molar refractivity (Wildman–Crippen MR) is 117 cm³/mol. The first-order valence-corrected chi connectivity index (χ1v) is 11.2. The van der Waals surface area contributed by atoms with Gasteiger partial charge in [0.1, 0.15) is 0 Å². The summed E-state index contributed by atoms with van der Waals surface area (Å²) in [7, 11) is 0. The average molecular weight is 440 g/mol. The van der Waals surface area contributed by atoms with Crippen molar-refractivity contribution in [3.63, 3.8) is 0 Å². The van der Waals surface area contributed by atoms with Gasteiger partial charge >= 0.3 is 0 Å². The summed E-state index contributed by atoms with van der Waals surface area (Å²) in [5, 5.41) is 4.55. The second-order valence-electron chi connectivity index (χ2n) is 7.59. The maximum Gasteiger partial charge on any atom is 0.292 e. The SMILES string of the molecule is Cc1cc(C(=O)N2CCN(C(=O)CSc3nccn3-c3cccc(C)c3C)CC2)on1. The molecule has 3 aromatic rings. The molecule has 1 aliphatic rings. The van der Waals surface area contributed by atoms with Gasteiger partial charge in [-0.15, -0.1) is 0 Å². The number of aryl methyl sites for hydroxylation is 2. The van der Waals surface area contributed by atoms with Crippen LogP contribution in [0.1, 0.15) is 27.4 Å². The molecule has 1 aromatic carbocycles. The number of hydrogen-bond acceptors (Lipinski definition) is 6. The Bertz CT molecular complexity index is 1100. The number of aromatic nitrogens is 3. The van der Waals surface area contributed by atoms with Gasteiger partial charge in [0.2, 0.25) is 11.7 Å².